The average Bonchev–Trinajstić information content (AvgIpc) is 2.31. The Morgan fingerprint density at radius 3 is 2.65 bits per heavy atom. The van der Waals surface area contributed by atoms with Crippen molar-refractivity contribution in [2.45, 2.75) is 19.6 Å². The largest absolute Gasteiger partial charge is 0.355 e. The van der Waals surface area contributed by atoms with Crippen LogP contribution in [0, 0.1) is 6.92 Å². The molecular formula is C12H16BrNO3. The number of halogens is 1. The minimum Gasteiger partial charge on any atom is -0.355 e. The van der Waals surface area contributed by atoms with Crippen molar-refractivity contribution in [3.05, 3.63) is 28.2 Å². The number of benzene rings is 1. The van der Waals surface area contributed by atoms with Gasteiger partial charge in [0.2, 0.25) is 5.91 Å². The number of ether oxygens (including phenoxy) is 2. The standard InChI is InChI=1S/C12H16BrNO3/c1-8-4-5-9(13)10(6-8)14-11(15)7-12(16-2)17-3/h4-6,12H,7H2,1-3H3,(H,14,15). The number of anilines is 1. The number of methoxy groups -OCH3 is 2. The van der Waals surface area contributed by atoms with E-state index in [2.05, 4.69) is 21.2 Å². The fourth-order valence-corrected chi connectivity index (χ4v) is 1.70. The predicted octanol–water partition coefficient (Wildman–Crippen LogP) is 2.71. The average molecular weight is 302 g/mol. The lowest BCUT2D eigenvalue weighted by molar-refractivity contribution is -0.134. The molecule has 0 spiro atoms. The summed E-state index contributed by atoms with van der Waals surface area (Å²) in [6.45, 7) is 1.97. The van der Waals surface area contributed by atoms with Gasteiger partial charge in [-0.2, -0.15) is 0 Å². The third kappa shape index (κ3) is 4.46. The lowest BCUT2D eigenvalue weighted by atomic mass is 10.2. The molecule has 0 bridgehead atoms. The summed E-state index contributed by atoms with van der Waals surface area (Å²) in [6, 6.07) is 5.76. The molecule has 1 rings (SSSR count). The van der Waals surface area contributed by atoms with Crippen molar-refractivity contribution in [3.63, 3.8) is 0 Å². The summed E-state index contributed by atoms with van der Waals surface area (Å²) >= 11 is 3.38. The lowest BCUT2D eigenvalue weighted by Crippen LogP contribution is -2.23. The minimum atomic E-state index is -0.515. The number of rotatable bonds is 5. The van der Waals surface area contributed by atoms with E-state index >= 15 is 0 Å². The predicted molar refractivity (Wildman–Crippen MR) is 69.9 cm³/mol. The Morgan fingerprint density at radius 1 is 1.41 bits per heavy atom. The molecule has 94 valence electrons. The molecule has 5 heteroatoms. The van der Waals surface area contributed by atoms with Crippen molar-refractivity contribution < 1.29 is 14.3 Å². The molecule has 0 aliphatic heterocycles. The van der Waals surface area contributed by atoms with Gasteiger partial charge in [0, 0.05) is 18.7 Å². The molecule has 0 aromatic heterocycles. The quantitative estimate of drug-likeness (QED) is 0.851. The number of nitrogens with one attached hydrogen (secondary N) is 1. The third-order valence-electron chi connectivity index (χ3n) is 2.27. The molecule has 0 saturated carbocycles. The second-order valence-corrected chi connectivity index (χ2v) is 4.49. The van der Waals surface area contributed by atoms with Crippen LogP contribution in [-0.4, -0.2) is 26.4 Å². The van der Waals surface area contributed by atoms with E-state index in [-0.39, 0.29) is 12.3 Å². The van der Waals surface area contributed by atoms with E-state index in [1.807, 2.05) is 25.1 Å². The van der Waals surface area contributed by atoms with Gasteiger partial charge < -0.3 is 14.8 Å². The molecule has 17 heavy (non-hydrogen) atoms. The summed E-state index contributed by atoms with van der Waals surface area (Å²) in [7, 11) is 3.01. The first-order chi connectivity index (χ1) is 8.06. The number of carbonyl (C=O) groups is 1. The molecule has 0 atom stereocenters. The van der Waals surface area contributed by atoms with Gasteiger partial charge in [-0.05, 0) is 40.5 Å². The molecule has 1 N–H and O–H groups in total. The van der Waals surface area contributed by atoms with E-state index in [1.54, 1.807) is 0 Å². The van der Waals surface area contributed by atoms with Crippen LogP contribution in [0.1, 0.15) is 12.0 Å². The number of aryl methyl sites for hydroxylation is 1. The van der Waals surface area contributed by atoms with Gasteiger partial charge in [0.05, 0.1) is 12.1 Å². The Labute approximate surface area is 109 Å². The van der Waals surface area contributed by atoms with Gasteiger partial charge in [-0.3, -0.25) is 4.79 Å². The van der Waals surface area contributed by atoms with Crippen LogP contribution < -0.4 is 5.32 Å². The topological polar surface area (TPSA) is 47.6 Å². The fourth-order valence-electron chi connectivity index (χ4n) is 1.35. The molecule has 1 amide bonds. The van der Waals surface area contributed by atoms with Gasteiger partial charge in [0.15, 0.2) is 6.29 Å². The summed E-state index contributed by atoms with van der Waals surface area (Å²) in [5.41, 5.74) is 1.83. The maximum Gasteiger partial charge on any atom is 0.229 e. The molecule has 0 aliphatic rings. The van der Waals surface area contributed by atoms with Crippen LogP contribution in [0.3, 0.4) is 0 Å². The Morgan fingerprint density at radius 2 is 2.06 bits per heavy atom. The lowest BCUT2D eigenvalue weighted by Gasteiger charge is -2.13. The van der Waals surface area contributed by atoms with Gasteiger partial charge in [-0.15, -0.1) is 0 Å². The molecule has 0 radical (unpaired) electrons. The summed E-state index contributed by atoms with van der Waals surface area (Å²) < 4.78 is 10.8. The van der Waals surface area contributed by atoms with Crippen molar-refractivity contribution in [1.29, 1.82) is 0 Å². The maximum absolute atomic E-state index is 11.7. The first kappa shape index (κ1) is 14.2. The van der Waals surface area contributed by atoms with Gasteiger partial charge in [-0.1, -0.05) is 6.07 Å². The van der Waals surface area contributed by atoms with Crippen LogP contribution >= 0.6 is 15.9 Å². The van der Waals surface area contributed by atoms with Crippen molar-refractivity contribution >= 4 is 27.5 Å². The van der Waals surface area contributed by atoms with Crippen molar-refractivity contribution in [2.24, 2.45) is 0 Å². The number of amides is 1. The van der Waals surface area contributed by atoms with E-state index < -0.39 is 6.29 Å². The number of hydrogen-bond donors (Lipinski definition) is 1. The normalized spacial score (nSPS) is 10.6. The van der Waals surface area contributed by atoms with Gasteiger partial charge >= 0.3 is 0 Å². The van der Waals surface area contributed by atoms with E-state index in [0.29, 0.717) is 0 Å². The second kappa shape index (κ2) is 6.74. The SMILES string of the molecule is COC(CC(=O)Nc1cc(C)ccc1Br)OC. The molecule has 0 heterocycles. The monoisotopic (exact) mass is 301 g/mol. The van der Waals surface area contributed by atoms with Crippen LogP contribution in [0.15, 0.2) is 22.7 Å². The van der Waals surface area contributed by atoms with Gasteiger partial charge in [0.25, 0.3) is 0 Å². The second-order valence-electron chi connectivity index (χ2n) is 3.64. The summed E-state index contributed by atoms with van der Waals surface area (Å²) in [5.74, 6) is -0.148. The first-order valence-electron chi connectivity index (χ1n) is 5.18. The molecule has 0 fully saturated rings. The molecular weight excluding hydrogens is 286 g/mol. The van der Waals surface area contributed by atoms with Crippen LogP contribution in [0.4, 0.5) is 5.69 Å². The summed E-state index contributed by atoms with van der Waals surface area (Å²) in [6.07, 6.45) is -0.355. The van der Waals surface area contributed by atoms with Crippen LogP contribution in [-0.2, 0) is 14.3 Å². The van der Waals surface area contributed by atoms with E-state index in [1.165, 1.54) is 14.2 Å². The molecule has 4 nitrogen and oxygen atoms in total. The summed E-state index contributed by atoms with van der Waals surface area (Å²) in [5, 5.41) is 2.80. The van der Waals surface area contributed by atoms with Crippen molar-refractivity contribution in [3.8, 4) is 0 Å². The van der Waals surface area contributed by atoms with Gasteiger partial charge in [0.1, 0.15) is 0 Å². The van der Waals surface area contributed by atoms with E-state index in [9.17, 15) is 4.79 Å². The fraction of sp³-hybridized carbons (Fsp3) is 0.417. The Balaban J connectivity index is 2.64. The smallest absolute Gasteiger partial charge is 0.229 e. The highest BCUT2D eigenvalue weighted by Crippen LogP contribution is 2.23. The number of carbonyl (C=O) groups excluding carboxylic acids is 1. The highest BCUT2D eigenvalue weighted by molar-refractivity contribution is 9.10. The first-order valence-corrected chi connectivity index (χ1v) is 5.97. The Hall–Kier alpha value is -0.910. The third-order valence-corrected chi connectivity index (χ3v) is 2.97. The van der Waals surface area contributed by atoms with E-state index in [0.717, 1.165) is 15.7 Å². The Bertz CT molecular complexity index is 391. The minimum absolute atomic E-state index is 0.148. The highest BCUT2D eigenvalue weighted by Gasteiger charge is 2.13. The zero-order valence-corrected chi connectivity index (χ0v) is 11.7. The van der Waals surface area contributed by atoms with Crippen LogP contribution in [0.2, 0.25) is 0 Å². The molecule has 1 aromatic carbocycles. The van der Waals surface area contributed by atoms with Gasteiger partial charge in [-0.25, -0.2) is 0 Å². The number of hydrogen-bond acceptors (Lipinski definition) is 3. The molecule has 0 aliphatic carbocycles. The zero-order chi connectivity index (χ0) is 12.8. The van der Waals surface area contributed by atoms with E-state index in [4.69, 9.17) is 9.47 Å². The molecule has 1 aromatic rings. The molecule has 0 saturated heterocycles. The van der Waals surface area contributed by atoms with Crippen LogP contribution in [0.25, 0.3) is 0 Å². The van der Waals surface area contributed by atoms with Crippen LogP contribution in [0.5, 0.6) is 0 Å². The highest BCUT2D eigenvalue weighted by atomic mass is 79.9. The summed E-state index contributed by atoms with van der Waals surface area (Å²) in [4.78, 5) is 11.7. The Kier molecular flexibility index (Phi) is 5.61. The zero-order valence-electron chi connectivity index (χ0n) is 10.1. The van der Waals surface area contributed by atoms with Crippen molar-refractivity contribution in [2.75, 3.05) is 19.5 Å². The van der Waals surface area contributed by atoms with Crippen molar-refractivity contribution in [1.82, 2.24) is 0 Å². The molecule has 0 unspecified atom stereocenters. The maximum atomic E-state index is 11.7.